The van der Waals surface area contributed by atoms with Crippen LogP contribution >= 0.6 is 0 Å². The third kappa shape index (κ3) is 3.84. The highest BCUT2D eigenvalue weighted by Gasteiger charge is 2.41. The van der Waals surface area contributed by atoms with Crippen molar-refractivity contribution in [3.63, 3.8) is 0 Å². The lowest BCUT2D eigenvalue weighted by Gasteiger charge is -2.42. The van der Waals surface area contributed by atoms with Crippen molar-refractivity contribution >= 4 is 27.3 Å². The molecule has 1 unspecified atom stereocenters. The molecule has 176 valence electrons. The van der Waals surface area contributed by atoms with Gasteiger partial charge in [0.15, 0.2) is 0 Å². The predicted octanol–water partition coefficient (Wildman–Crippen LogP) is 3.69. The topological polar surface area (TPSA) is 83.7 Å². The predicted molar refractivity (Wildman–Crippen MR) is 126 cm³/mol. The van der Waals surface area contributed by atoms with E-state index in [1.165, 1.54) is 12.1 Å². The van der Waals surface area contributed by atoms with Gasteiger partial charge >= 0.3 is 0 Å². The molecule has 2 heterocycles. The smallest absolute Gasteiger partial charge is 0.241 e. The molecular weight excluding hydrogens is 460 g/mol. The minimum Gasteiger partial charge on any atom is -0.370 e. The zero-order chi connectivity index (χ0) is 24.2. The molecule has 5 rings (SSSR count). The second-order valence-corrected chi connectivity index (χ2v) is 10.4. The van der Waals surface area contributed by atoms with Crippen LogP contribution in [0.2, 0.25) is 0 Å². The number of nitrogens with two attached hydrogens (primary N) is 1. The summed E-state index contributed by atoms with van der Waals surface area (Å²) in [6.45, 7) is 2.85. The summed E-state index contributed by atoms with van der Waals surface area (Å²) in [6, 6.07) is 16.2. The molecule has 3 aromatic rings. The van der Waals surface area contributed by atoms with Crippen molar-refractivity contribution in [2.75, 3.05) is 22.9 Å². The molecule has 9 heteroatoms. The number of benzene rings is 3. The monoisotopic (exact) mass is 483 g/mol. The van der Waals surface area contributed by atoms with Crippen LogP contribution < -0.4 is 14.9 Å². The van der Waals surface area contributed by atoms with Gasteiger partial charge in [0.2, 0.25) is 15.9 Å². The minimum atomic E-state index is -4.25. The minimum absolute atomic E-state index is 0.127. The molecule has 1 atom stereocenters. The van der Waals surface area contributed by atoms with E-state index in [1.54, 1.807) is 23.1 Å². The number of carbonyl (C=O) groups is 1. The zero-order valence-corrected chi connectivity index (χ0v) is 19.2. The van der Waals surface area contributed by atoms with Crippen LogP contribution in [0.15, 0.2) is 65.6 Å². The Hall–Kier alpha value is -3.30. The molecule has 3 aromatic carbocycles. The Labute approximate surface area is 196 Å². The van der Waals surface area contributed by atoms with Gasteiger partial charge in [-0.05, 0) is 54.8 Å². The van der Waals surface area contributed by atoms with Gasteiger partial charge in [-0.2, -0.15) is 0 Å². The van der Waals surface area contributed by atoms with Crippen molar-refractivity contribution in [3.05, 3.63) is 77.9 Å². The molecule has 2 aliphatic rings. The summed E-state index contributed by atoms with van der Waals surface area (Å²) in [7, 11) is -4.25. The van der Waals surface area contributed by atoms with Crippen molar-refractivity contribution in [3.8, 4) is 11.1 Å². The summed E-state index contributed by atoms with van der Waals surface area (Å²) in [5.74, 6) is -1.59. The molecule has 0 aliphatic carbocycles. The third-order valence-electron chi connectivity index (χ3n) is 6.54. The van der Waals surface area contributed by atoms with E-state index in [1.807, 2.05) is 31.2 Å². The number of rotatable bonds is 4. The maximum atomic E-state index is 14.2. The summed E-state index contributed by atoms with van der Waals surface area (Å²) in [6.07, 6.45) is 0.441. The molecule has 0 aromatic heterocycles. The number of fused-ring (bicyclic) bond motifs is 1. The lowest BCUT2D eigenvalue weighted by molar-refractivity contribution is -0.123. The first kappa shape index (κ1) is 22.5. The summed E-state index contributed by atoms with van der Waals surface area (Å²) >= 11 is 0. The number of sulfonamides is 1. The molecule has 1 fully saturated rings. The Morgan fingerprint density at radius 1 is 1.00 bits per heavy atom. The number of anilines is 2. The Kier molecular flexibility index (Phi) is 5.41. The zero-order valence-electron chi connectivity index (χ0n) is 18.4. The van der Waals surface area contributed by atoms with Gasteiger partial charge in [-0.15, -0.1) is 0 Å². The normalized spacial score (nSPS) is 18.1. The summed E-state index contributed by atoms with van der Waals surface area (Å²) in [5, 5.41) is 5.14. The number of halogens is 2. The van der Waals surface area contributed by atoms with Crippen LogP contribution in [-0.2, 0) is 21.2 Å². The fraction of sp³-hybridized carbons (Fsp3) is 0.240. The van der Waals surface area contributed by atoms with E-state index in [0.717, 1.165) is 17.3 Å². The summed E-state index contributed by atoms with van der Waals surface area (Å²) in [4.78, 5) is 16.3. The standard InChI is InChI=1S/C25H23F2N3O3S/c1-15-10-17-11-22(27)24(34(28,32)33)12-23(17)30(15)25(31)18-13-29(14-18)19-8-6-16(7-9-19)20-4-2-3-5-21(20)26/h2-9,11-12,15,18H,10,13-14H2,1H3,(H2,28,32,33). The number of hydrogen-bond acceptors (Lipinski definition) is 4. The van der Waals surface area contributed by atoms with Gasteiger partial charge in [0.05, 0.1) is 5.92 Å². The van der Waals surface area contributed by atoms with Gasteiger partial charge < -0.3 is 9.80 Å². The highest BCUT2D eigenvalue weighted by molar-refractivity contribution is 7.89. The van der Waals surface area contributed by atoms with Crippen LogP contribution in [0.4, 0.5) is 20.2 Å². The van der Waals surface area contributed by atoms with Gasteiger partial charge in [0, 0.05) is 36.1 Å². The molecule has 0 bridgehead atoms. The maximum absolute atomic E-state index is 14.2. The second-order valence-electron chi connectivity index (χ2n) is 8.85. The lowest BCUT2D eigenvalue weighted by Crippen LogP contribution is -2.55. The van der Waals surface area contributed by atoms with E-state index >= 15 is 0 Å². The van der Waals surface area contributed by atoms with Crippen LogP contribution in [0.1, 0.15) is 12.5 Å². The largest absolute Gasteiger partial charge is 0.370 e. The Balaban J connectivity index is 1.31. The molecule has 34 heavy (non-hydrogen) atoms. The van der Waals surface area contributed by atoms with Crippen molar-refractivity contribution < 1.29 is 22.0 Å². The highest BCUT2D eigenvalue weighted by atomic mass is 32.2. The molecule has 6 nitrogen and oxygen atoms in total. The van der Waals surface area contributed by atoms with Gasteiger partial charge in [-0.25, -0.2) is 22.3 Å². The first-order valence-corrected chi connectivity index (χ1v) is 12.5. The molecule has 0 spiro atoms. The van der Waals surface area contributed by atoms with Crippen LogP contribution in [0.5, 0.6) is 0 Å². The maximum Gasteiger partial charge on any atom is 0.241 e. The Morgan fingerprint density at radius 2 is 1.68 bits per heavy atom. The van der Waals surface area contributed by atoms with Crippen LogP contribution in [0, 0.1) is 17.6 Å². The lowest BCUT2D eigenvalue weighted by atomic mass is 9.96. The quantitative estimate of drug-likeness (QED) is 0.614. The molecular formula is C25H23F2N3O3S. The average molecular weight is 484 g/mol. The fourth-order valence-electron chi connectivity index (χ4n) is 4.76. The van der Waals surface area contributed by atoms with E-state index < -0.39 is 20.7 Å². The van der Waals surface area contributed by atoms with Gasteiger partial charge in [0.1, 0.15) is 16.5 Å². The fourth-order valence-corrected chi connectivity index (χ4v) is 5.37. The van der Waals surface area contributed by atoms with Crippen molar-refractivity contribution in [1.82, 2.24) is 0 Å². The van der Waals surface area contributed by atoms with E-state index in [2.05, 4.69) is 4.90 Å². The molecule has 2 N–H and O–H groups in total. The summed E-state index contributed by atoms with van der Waals surface area (Å²) < 4.78 is 51.8. The van der Waals surface area contributed by atoms with E-state index in [-0.39, 0.29) is 23.7 Å². The SMILES string of the molecule is CC1Cc2cc(F)c(S(N)(=O)=O)cc2N1C(=O)C1CN(c2ccc(-c3ccccc3F)cc2)C1. The second kappa shape index (κ2) is 8.18. The average Bonchev–Trinajstić information content (AvgIpc) is 3.06. The van der Waals surface area contributed by atoms with E-state index in [4.69, 9.17) is 5.14 Å². The Morgan fingerprint density at radius 3 is 2.32 bits per heavy atom. The third-order valence-corrected chi connectivity index (χ3v) is 7.47. The number of hydrogen-bond donors (Lipinski definition) is 1. The van der Waals surface area contributed by atoms with Crippen molar-refractivity contribution in [2.24, 2.45) is 11.1 Å². The van der Waals surface area contributed by atoms with E-state index in [9.17, 15) is 22.0 Å². The number of carbonyl (C=O) groups excluding carboxylic acids is 1. The molecule has 0 radical (unpaired) electrons. The molecule has 1 saturated heterocycles. The van der Waals surface area contributed by atoms with E-state index in [0.29, 0.717) is 36.3 Å². The van der Waals surface area contributed by atoms with Crippen LogP contribution in [0.25, 0.3) is 11.1 Å². The number of nitrogens with zero attached hydrogens (tertiary/aromatic N) is 2. The summed E-state index contributed by atoms with van der Waals surface area (Å²) in [5.41, 5.74) is 3.22. The number of primary sulfonamides is 1. The number of amides is 1. The molecule has 2 aliphatic heterocycles. The van der Waals surface area contributed by atoms with Crippen molar-refractivity contribution in [2.45, 2.75) is 24.3 Å². The Bertz CT molecular complexity index is 1390. The highest BCUT2D eigenvalue weighted by Crippen LogP contribution is 2.38. The first-order valence-electron chi connectivity index (χ1n) is 10.9. The van der Waals surface area contributed by atoms with Crippen molar-refractivity contribution in [1.29, 1.82) is 0 Å². The molecule has 0 saturated carbocycles. The van der Waals surface area contributed by atoms with Gasteiger partial charge in [-0.3, -0.25) is 4.79 Å². The van der Waals surface area contributed by atoms with Crippen LogP contribution in [0.3, 0.4) is 0 Å². The first-order chi connectivity index (χ1) is 16.1. The van der Waals surface area contributed by atoms with Gasteiger partial charge in [0.25, 0.3) is 0 Å². The van der Waals surface area contributed by atoms with Gasteiger partial charge in [-0.1, -0.05) is 30.3 Å². The van der Waals surface area contributed by atoms with Crippen LogP contribution in [-0.4, -0.2) is 33.5 Å². The molecule has 1 amide bonds.